The molecular formula is C21H18N2O4S. The fourth-order valence-corrected chi connectivity index (χ4v) is 4.05. The molecule has 3 heterocycles. The van der Waals surface area contributed by atoms with Crippen LogP contribution in [0.25, 0.3) is 0 Å². The molecule has 0 radical (unpaired) electrons. The van der Waals surface area contributed by atoms with E-state index in [2.05, 4.69) is 0 Å². The van der Waals surface area contributed by atoms with Gasteiger partial charge < -0.3 is 9.32 Å². The normalized spacial score (nSPS) is 14.3. The highest BCUT2D eigenvalue weighted by Crippen LogP contribution is 2.28. The molecule has 3 amide bonds. The average Bonchev–Trinajstić information content (AvgIpc) is 3.46. The molecule has 1 aliphatic rings. The van der Waals surface area contributed by atoms with Gasteiger partial charge >= 0.3 is 0 Å². The van der Waals surface area contributed by atoms with E-state index in [-0.39, 0.29) is 30.0 Å². The number of nitrogens with zero attached hydrogens (tertiary/aromatic N) is 2. The fraction of sp³-hybridized carbons (Fsp3) is 0.190. The molecule has 7 heteroatoms. The first-order valence-corrected chi connectivity index (χ1v) is 9.68. The maximum absolute atomic E-state index is 12.9. The van der Waals surface area contributed by atoms with Crippen LogP contribution in [0.4, 0.5) is 0 Å². The Balaban J connectivity index is 1.58. The first-order chi connectivity index (χ1) is 13.5. The molecule has 28 heavy (non-hydrogen) atoms. The Bertz CT molecular complexity index is 1040. The van der Waals surface area contributed by atoms with Gasteiger partial charge in [-0.15, -0.1) is 11.3 Å². The largest absolute Gasteiger partial charge is 0.467 e. The maximum Gasteiger partial charge on any atom is 0.261 e. The van der Waals surface area contributed by atoms with Crippen molar-refractivity contribution in [1.82, 2.24) is 9.80 Å². The number of carbonyl (C=O) groups is 3. The van der Waals surface area contributed by atoms with E-state index in [0.29, 0.717) is 16.9 Å². The number of rotatable bonds is 5. The Morgan fingerprint density at radius 3 is 2.61 bits per heavy atom. The summed E-state index contributed by atoms with van der Waals surface area (Å²) >= 11 is 1.59. The second-order valence-corrected chi connectivity index (χ2v) is 7.62. The molecular weight excluding hydrogens is 376 g/mol. The van der Waals surface area contributed by atoms with Crippen LogP contribution in [0.5, 0.6) is 0 Å². The predicted octanol–water partition coefficient (Wildman–Crippen LogP) is 3.97. The van der Waals surface area contributed by atoms with Gasteiger partial charge in [-0.2, -0.15) is 0 Å². The summed E-state index contributed by atoms with van der Waals surface area (Å²) in [7, 11) is 1.73. The molecule has 0 bridgehead atoms. The maximum atomic E-state index is 12.9. The summed E-state index contributed by atoms with van der Waals surface area (Å²) < 4.78 is 5.24. The lowest BCUT2D eigenvalue weighted by atomic mass is 10.0. The third-order valence-electron chi connectivity index (χ3n) is 4.97. The number of benzene rings is 1. The van der Waals surface area contributed by atoms with Crippen molar-refractivity contribution in [3.63, 3.8) is 0 Å². The summed E-state index contributed by atoms with van der Waals surface area (Å²) in [6.07, 6.45) is 1.49. The number of hydrogen-bond acceptors (Lipinski definition) is 5. The minimum atomic E-state index is -0.417. The highest BCUT2D eigenvalue weighted by Gasteiger charge is 2.36. The third-order valence-corrected chi connectivity index (χ3v) is 6.01. The van der Waals surface area contributed by atoms with Crippen LogP contribution >= 0.6 is 11.3 Å². The highest BCUT2D eigenvalue weighted by molar-refractivity contribution is 7.10. The summed E-state index contributed by atoms with van der Waals surface area (Å²) in [5, 5.41) is 1.97. The molecule has 6 nitrogen and oxygen atoms in total. The van der Waals surface area contributed by atoms with Gasteiger partial charge in [-0.3, -0.25) is 19.3 Å². The topological polar surface area (TPSA) is 70.8 Å². The zero-order chi connectivity index (χ0) is 19.8. The summed E-state index contributed by atoms with van der Waals surface area (Å²) in [6.45, 7) is 2.02. The Morgan fingerprint density at radius 2 is 1.93 bits per heavy atom. The molecule has 0 saturated carbocycles. The standard InChI is InChI=1S/C21H18N2O4S/c1-13(18-6-4-10-28-18)22(2)19(24)14-7-8-16-17(11-14)21(26)23(20(16)25)12-15-5-3-9-27-15/h3-11,13H,12H2,1-2H3. The van der Waals surface area contributed by atoms with Crippen LogP contribution in [0.2, 0.25) is 0 Å². The zero-order valence-corrected chi connectivity index (χ0v) is 16.2. The number of amides is 3. The second-order valence-electron chi connectivity index (χ2n) is 6.64. The van der Waals surface area contributed by atoms with Crippen molar-refractivity contribution < 1.29 is 18.8 Å². The molecule has 0 aliphatic carbocycles. The Morgan fingerprint density at radius 1 is 1.14 bits per heavy atom. The lowest BCUT2D eigenvalue weighted by Gasteiger charge is -2.24. The van der Waals surface area contributed by atoms with E-state index in [9.17, 15) is 14.4 Å². The van der Waals surface area contributed by atoms with E-state index < -0.39 is 5.91 Å². The number of fused-ring (bicyclic) bond motifs is 1. The molecule has 1 unspecified atom stereocenters. The first kappa shape index (κ1) is 18.2. The van der Waals surface area contributed by atoms with Crippen LogP contribution in [-0.4, -0.2) is 34.6 Å². The Labute approximate surface area is 166 Å². The van der Waals surface area contributed by atoms with Crippen LogP contribution < -0.4 is 0 Å². The van der Waals surface area contributed by atoms with E-state index in [1.807, 2.05) is 24.4 Å². The molecule has 4 rings (SSSR count). The number of carbonyl (C=O) groups excluding carboxylic acids is 3. The van der Waals surface area contributed by atoms with Crippen molar-refractivity contribution >= 4 is 29.1 Å². The van der Waals surface area contributed by atoms with Crippen LogP contribution in [-0.2, 0) is 6.54 Å². The average molecular weight is 394 g/mol. The van der Waals surface area contributed by atoms with E-state index in [1.165, 1.54) is 12.3 Å². The van der Waals surface area contributed by atoms with Crippen molar-refractivity contribution in [3.8, 4) is 0 Å². The number of imide groups is 1. The van der Waals surface area contributed by atoms with Gasteiger partial charge in [-0.1, -0.05) is 6.07 Å². The monoisotopic (exact) mass is 394 g/mol. The molecule has 1 aliphatic heterocycles. The first-order valence-electron chi connectivity index (χ1n) is 8.80. The van der Waals surface area contributed by atoms with Gasteiger partial charge in [0.15, 0.2) is 0 Å². The molecule has 0 N–H and O–H groups in total. The van der Waals surface area contributed by atoms with Crippen LogP contribution in [0, 0.1) is 0 Å². The van der Waals surface area contributed by atoms with E-state index in [1.54, 1.807) is 47.5 Å². The van der Waals surface area contributed by atoms with Crippen LogP contribution in [0.15, 0.2) is 58.5 Å². The Hall–Kier alpha value is -3.19. The molecule has 2 aromatic heterocycles. The molecule has 142 valence electrons. The summed E-state index contributed by atoms with van der Waals surface area (Å²) in [4.78, 5) is 42.1. The van der Waals surface area contributed by atoms with Crippen molar-refractivity contribution in [2.45, 2.75) is 19.5 Å². The lowest BCUT2D eigenvalue weighted by molar-refractivity contribution is 0.0631. The number of furan rings is 1. The minimum Gasteiger partial charge on any atom is -0.467 e. The molecule has 3 aromatic rings. The minimum absolute atomic E-state index is 0.0674. The molecule has 0 spiro atoms. The van der Waals surface area contributed by atoms with Gasteiger partial charge in [0.05, 0.1) is 30.0 Å². The second kappa shape index (κ2) is 7.09. The van der Waals surface area contributed by atoms with E-state index >= 15 is 0 Å². The summed E-state index contributed by atoms with van der Waals surface area (Å²) in [5.41, 5.74) is 0.937. The summed E-state index contributed by atoms with van der Waals surface area (Å²) in [5.74, 6) is -0.473. The lowest BCUT2D eigenvalue weighted by Crippen LogP contribution is -2.29. The van der Waals surface area contributed by atoms with E-state index in [4.69, 9.17) is 4.42 Å². The molecule has 0 fully saturated rings. The smallest absolute Gasteiger partial charge is 0.261 e. The van der Waals surface area contributed by atoms with Crippen molar-refractivity contribution in [2.24, 2.45) is 0 Å². The van der Waals surface area contributed by atoms with Crippen LogP contribution in [0.3, 0.4) is 0 Å². The van der Waals surface area contributed by atoms with Crippen molar-refractivity contribution in [1.29, 1.82) is 0 Å². The van der Waals surface area contributed by atoms with Gasteiger partial charge in [-0.05, 0) is 48.7 Å². The number of thiophene rings is 1. The third kappa shape index (κ3) is 3.03. The fourth-order valence-electron chi connectivity index (χ4n) is 3.23. The summed E-state index contributed by atoms with van der Waals surface area (Å²) in [6, 6.07) is 11.9. The van der Waals surface area contributed by atoms with Crippen molar-refractivity contribution in [2.75, 3.05) is 7.05 Å². The predicted molar refractivity (Wildman–Crippen MR) is 104 cm³/mol. The van der Waals surface area contributed by atoms with Gasteiger partial charge in [0.2, 0.25) is 0 Å². The SMILES string of the molecule is CC(c1cccs1)N(C)C(=O)c1ccc2c(c1)C(=O)N(Cc1ccco1)C2=O. The molecule has 1 atom stereocenters. The van der Waals surface area contributed by atoms with Gasteiger partial charge in [0, 0.05) is 17.5 Å². The van der Waals surface area contributed by atoms with Gasteiger partial charge in [0.25, 0.3) is 17.7 Å². The van der Waals surface area contributed by atoms with Crippen LogP contribution in [0.1, 0.15) is 54.7 Å². The zero-order valence-electron chi connectivity index (χ0n) is 15.4. The number of hydrogen-bond donors (Lipinski definition) is 0. The van der Waals surface area contributed by atoms with E-state index in [0.717, 1.165) is 9.78 Å². The van der Waals surface area contributed by atoms with Gasteiger partial charge in [0.1, 0.15) is 5.76 Å². The van der Waals surface area contributed by atoms with Crippen molar-refractivity contribution in [3.05, 3.63) is 81.4 Å². The van der Waals surface area contributed by atoms with Gasteiger partial charge in [-0.25, -0.2) is 0 Å². The Kier molecular flexibility index (Phi) is 4.60. The quantitative estimate of drug-likeness (QED) is 0.614. The molecule has 1 aromatic carbocycles. The highest BCUT2D eigenvalue weighted by atomic mass is 32.1. The molecule has 0 saturated heterocycles.